The van der Waals surface area contributed by atoms with Crippen LogP contribution in [0.2, 0.25) is 0 Å². The molecule has 5 nitrogen and oxygen atoms in total. The molecule has 0 saturated carbocycles. The molecule has 0 bridgehead atoms. The smallest absolute Gasteiger partial charge is 0.410 e. The van der Waals surface area contributed by atoms with Gasteiger partial charge < -0.3 is 14.4 Å². The number of benzene rings is 1. The fourth-order valence-electron chi connectivity index (χ4n) is 2.33. The molecule has 2 unspecified atom stereocenters. The van der Waals surface area contributed by atoms with E-state index < -0.39 is 18.2 Å². The van der Waals surface area contributed by atoms with Crippen LogP contribution in [0.1, 0.15) is 63.4 Å². The second kappa shape index (κ2) is 10.7. The highest BCUT2D eigenvalue weighted by atomic mass is 16.6. The van der Waals surface area contributed by atoms with Gasteiger partial charge >= 0.3 is 12.1 Å². The minimum Gasteiger partial charge on any atom is -0.455 e. The summed E-state index contributed by atoms with van der Waals surface area (Å²) in [5, 5.41) is 0. The predicted molar refractivity (Wildman–Crippen MR) is 98.8 cm³/mol. The monoisotopic (exact) mass is 349 g/mol. The van der Waals surface area contributed by atoms with Crippen molar-refractivity contribution in [2.24, 2.45) is 0 Å². The van der Waals surface area contributed by atoms with Crippen LogP contribution in [0.15, 0.2) is 24.3 Å². The highest BCUT2D eigenvalue weighted by Gasteiger charge is 2.23. The van der Waals surface area contributed by atoms with Crippen molar-refractivity contribution < 1.29 is 19.1 Å². The second-order valence-corrected chi connectivity index (χ2v) is 6.17. The third-order valence-electron chi connectivity index (χ3n) is 4.27. The number of hydrogen-bond acceptors (Lipinski definition) is 4. The van der Waals surface area contributed by atoms with Gasteiger partial charge in [0.2, 0.25) is 0 Å². The van der Waals surface area contributed by atoms with Crippen molar-refractivity contribution >= 4 is 12.1 Å². The molecule has 0 fully saturated rings. The van der Waals surface area contributed by atoms with E-state index >= 15 is 0 Å². The average Bonchev–Trinajstić information content (AvgIpc) is 2.61. The van der Waals surface area contributed by atoms with Crippen LogP contribution in [0.25, 0.3) is 0 Å². The van der Waals surface area contributed by atoms with Gasteiger partial charge in [-0.3, -0.25) is 0 Å². The van der Waals surface area contributed by atoms with Crippen LogP contribution < -0.4 is 0 Å². The molecule has 0 aliphatic carbocycles. The Labute approximate surface area is 151 Å². The highest BCUT2D eigenvalue weighted by molar-refractivity contribution is 5.89. The number of ether oxygens (including phenoxy) is 2. The van der Waals surface area contributed by atoms with Gasteiger partial charge in [0.25, 0.3) is 0 Å². The normalized spacial score (nSPS) is 13.0. The fraction of sp³-hybridized carbons (Fsp3) is 0.600. The SMILES string of the molecule is CCCCc1ccc(C(=O)OC(C)C(C)OC(=O)N(CC)CC)cc1. The zero-order valence-electron chi connectivity index (χ0n) is 16.1. The molecule has 1 amide bonds. The summed E-state index contributed by atoms with van der Waals surface area (Å²) in [5.74, 6) is -0.403. The maximum Gasteiger partial charge on any atom is 0.410 e. The molecule has 0 N–H and O–H groups in total. The number of amides is 1. The largest absolute Gasteiger partial charge is 0.455 e. The molecule has 0 aliphatic rings. The zero-order chi connectivity index (χ0) is 18.8. The Bertz CT molecular complexity index is 537. The molecule has 5 heteroatoms. The first-order valence-electron chi connectivity index (χ1n) is 9.18. The Kier molecular flexibility index (Phi) is 9.03. The van der Waals surface area contributed by atoms with Crippen molar-refractivity contribution in [2.75, 3.05) is 13.1 Å². The van der Waals surface area contributed by atoms with Crippen LogP contribution >= 0.6 is 0 Å². The molecule has 0 spiro atoms. The Balaban J connectivity index is 2.56. The third kappa shape index (κ3) is 6.77. The lowest BCUT2D eigenvalue weighted by Gasteiger charge is -2.25. The number of carbonyl (C=O) groups excluding carboxylic acids is 2. The van der Waals surface area contributed by atoms with Crippen molar-refractivity contribution in [1.82, 2.24) is 4.90 Å². The van der Waals surface area contributed by atoms with E-state index in [0.29, 0.717) is 18.7 Å². The lowest BCUT2D eigenvalue weighted by Crippen LogP contribution is -2.37. The van der Waals surface area contributed by atoms with Gasteiger partial charge in [0, 0.05) is 13.1 Å². The van der Waals surface area contributed by atoms with Crippen LogP contribution in [0, 0.1) is 0 Å². The molecule has 2 atom stereocenters. The minimum atomic E-state index is -0.521. The molecule has 0 radical (unpaired) electrons. The van der Waals surface area contributed by atoms with E-state index in [4.69, 9.17) is 9.47 Å². The molecule has 0 heterocycles. The Hall–Kier alpha value is -2.04. The summed E-state index contributed by atoms with van der Waals surface area (Å²) < 4.78 is 10.8. The standard InChI is InChI=1S/C20H31NO4/c1-6-9-10-17-11-13-18(14-12-17)19(22)24-15(4)16(5)25-20(23)21(7-2)8-3/h11-16H,6-10H2,1-5H3. The Morgan fingerprint density at radius 2 is 1.52 bits per heavy atom. The maximum atomic E-state index is 12.2. The van der Waals surface area contributed by atoms with Crippen LogP contribution in [-0.2, 0) is 15.9 Å². The Morgan fingerprint density at radius 1 is 0.960 bits per heavy atom. The molecule has 0 saturated heterocycles. The number of unbranched alkanes of at least 4 members (excludes halogenated alkanes) is 1. The summed E-state index contributed by atoms with van der Waals surface area (Å²) in [6.45, 7) is 10.6. The Morgan fingerprint density at radius 3 is 2.04 bits per heavy atom. The second-order valence-electron chi connectivity index (χ2n) is 6.17. The topological polar surface area (TPSA) is 55.8 Å². The minimum absolute atomic E-state index is 0.388. The van der Waals surface area contributed by atoms with E-state index in [9.17, 15) is 9.59 Å². The highest BCUT2D eigenvalue weighted by Crippen LogP contribution is 2.12. The average molecular weight is 349 g/mol. The molecular formula is C20H31NO4. The first-order valence-corrected chi connectivity index (χ1v) is 9.18. The van der Waals surface area contributed by atoms with Crippen molar-refractivity contribution in [2.45, 2.75) is 66.1 Å². The lowest BCUT2D eigenvalue weighted by atomic mass is 10.1. The molecule has 0 aromatic heterocycles. The van der Waals surface area contributed by atoms with Crippen molar-refractivity contribution in [3.8, 4) is 0 Å². The zero-order valence-corrected chi connectivity index (χ0v) is 16.1. The summed E-state index contributed by atoms with van der Waals surface area (Å²) in [7, 11) is 0. The molecule has 25 heavy (non-hydrogen) atoms. The van der Waals surface area contributed by atoms with Gasteiger partial charge in [0.05, 0.1) is 5.56 Å². The lowest BCUT2D eigenvalue weighted by molar-refractivity contribution is -0.0196. The molecular weight excluding hydrogens is 318 g/mol. The molecule has 140 valence electrons. The number of nitrogens with zero attached hydrogens (tertiary/aromatic N) is 1. The van der Waals surface area contributed by atoms with Crippen molar-refractivity contribution in [1.29, 1.82) is 0 Å². The summed E-state index contributed by atoms with van der Waals surface area (Å²) in [6, 6.07) is 7.49. The van der Waals surface area contributed by atoms with E-state index in [2.05, 4.69) is 6.92 Å². The van der Waals surface area contributed by atoms with Crippen LogP contribution in [0.5, 0.6) is 0 Å². The van der Waals surface area contributed by atoms with Gasteiger partial charge in [-0.2, -0.15) is 0 Å². The molecule has 0 aliphatic heterocycles. The van der Waals surface area contributed by atoms with Gasteiger partial charge in [-0.05, 0) is 58.2 Å². The van der Waals surface area contributed by atoms with E-state index in [-0.39, 0.29) is 6.09 Å². The van der Waals surface area contributed by atoms with Gasteiger partial charge in [0.15, 0.2) is 0 Å². The first-order chi connectivity index (χ1) is 11.9. The number of rotatable bonds is 9. The quantitative estimate of drug-likeness (QED) is 0.618. The van der Waals surface area contributed by atoms with E-state index in [1.807, 2.05) is 26.0 Å². The van der Waals surface area contributed by atoms with E-state index in [0.717, 1.165) is 19.3 Å². The van der Waals surface area contributed by atoms with Crippen LogP contribution in [-0.4, -0.2) is 42.3 Å². The number of esters is 1. The third-order valence-corrected chi connectivity index (χ3v) is 4.27. The van der Waals surface area contributed by atoms with Gasteiger partial charge in [-0.25, -0.2) is 9.59 Å². The molecule has 1 rings (SSSR count). The van der Waals surface area contributed by atoms with Gasteiger partial charge in [-0.15, -0.1) is 0 Å². The van der Waals surface area contributed by atoms with Crippen molar-refractivity contribution in [3.05, 3.63) is 35.4 Å². The number of carbonyl (C=O) groups is 2. The van der Waals surface area contributed by atoms with Crippen LogP contribution in [0.4, 0.5) is 4.79 Å². The summed E-state index contributed by atoms with van der Waals surface area (Å²) in [5.41, 5.74) is 1.72. The van der Waals surface area contributed by atoms with Gasteiger partial charge in [0.1, 0.15) is 12.2 Å². The van der Waals surface area contributed by atoms with E-state index in [1.54, 1.807) is 30.9 Å². The summed E-state index contributed by atoms with van der Waals surface area (Å²) >= 11 is 0. The molecule has 1 aromatic carbocycles. The summed E-state index contributed by atoms with van der Waals surface area (Å²) in [6.07, 6.45) is 1.87. The fourth-order valence-corrected chi connectivity index (χ4v) is 2.33. The maximum absolute atomic E-state index is 12.2. The van der Waals surface area contributed by atoms with Crippen LogP contribution in [0.3, 0.4) is 0 Å². The molecule has 1 aromatic rings. The van der Waals surface area contributed by atoms with Gasteiger partial charge in [-0.1, -0.05) is 25.5 Å². The number of hydrogen-bond donors (Lipinski definition) is 0. The predicted octanol–water partition coefficient (Wildman–Crippen LogP) is 4.44. The number of aryl methyl sites for hydroxylation is 1. The first kappa shape index (κ1) is 21.0. The summed E-state index contributed by atoms with van der Waals surface area (Å²) in [4.78, 5) is 25.8. The van der Waals surface area contributed by atoms with E-state index in [1.165, 1.54) is 5.56 Å². The van der Waals surface area contributed by atoms with Crippen molar-refractivity contribution in [3.63, 3.8) is 0 Å².